The second-order valence-corrected chi connectivity index (χ2v) is 2.43. The molecule has 0 unspecified atom stereocenters. The molecular formula is C4H10O5PZn-. The fourth-order valence-corrected chi connectivity index (χ4v) is 0.102. The summed E-state index contributed by atoms with van der Waals surface area (Å²) in [5, 5.41) is 0. The van der Waals surface area contributed by atoms with Crippen molar-refractivity contribution in [3.63, 3.8) is 0 Å². The molecule has 0 atom stereocenters. The third-order valence-electron chi connectivity index (χ3n) is 0.352. The van der Waals surface area contributed by atoms with Gasteiger partial charge < -0.3 is 19.5 Å². The van der Waals surface area contributed by atoms with Crippen LogP contribution in [0.5, 0.6) is 0 Å². The van der Waals surface area contributed by atoms with Crippen LogP contribution in [0.2, 0.25) is 0 Å². The van der Waals surface area contributed by atoms with Crippen LogP contribution >= 0.6 is 7.82 Å². The average Bonchev–Trinajstić information content (AvgIpc) is 1.63. The number of hydrogen-bond acceptors (Lipinski definition) is 2. The van der Waals surface area contributed by atoms with Crippen molar-refractivity contribution in [3.8, 4) is 0 Å². The minimum Gasteiger partial charge on any atom is -0.542 e. The molecule has 0 saturated heterocycles. The molecule has 7 heteroatoms. The van der Waals surface area contributed by atoms with Gasteiger partial charge in [0.25, 0.3) is 0 Å². The Bertz CT molecular complexity index is 113. The maximum atomic E-state index is 9.28. The summed E-state index contributed by atoms with van der Waals surface area (Å²) in [5.41, 5.74) is 0. The van der Waals surface area contributed by atoms with E-state index in [-0.39, 0.29) is 19.5 Å². The van der Waals surface area contributed by atoms with Gasteiger partial charge in [-0.2, -0.15) is 6.42 Å². The van der Waals surface area contributed by atoms with Gasteiger partial charge in [0.2, 0.25) is 0 Å². The average molecular weight is 234 g/mol. The van der Waals surface area contributed by atoms with Crippen molar-refractivity contribution >= 4 is 14.1 Å². The minimum absolute atomic E-state index is 0. The molecule has 64 valence electrons. The van der Waals surface area contributed by atoms with Gasteiger partial charge in [0.15, 0.2) is 0 Å². The minimum atomic E-state index is -4.64. The molecule has 0 aliphatic rings. The molecule has 0 aliphatic heterocycles. The smallest absolute Gasteiger partial charge is 0.466 e. The van der Waals surface area contributed by atoms with Crippen molar-refractivity contribution in [3.05, 3.63) is 0 Å². The Morgan fingerprint density at radius 2 is 1.64 bits per heavy atom. The van der Waals surface area contributed by atoms with Crippen LogP contribution in [0.3, 0.4) is 0 Å². The Balaban J connectivity index is -0.000000107. The van der Waals surface area contributed by atoms with Gasteiger partial charge >= 0.3 is 7.82 Å². The molecule has 5 nitrogen and oxygen atoms in total. The molecule has 0 spiro atoms. The Morgan fingerprint density at radius 3 is 1.64 bits per heavy atom. The van der Waals surface area contributed by atoms with E-state index in [0.717, 1.165) is 6.42 Å². The molecule has 0 aromatic rings. The Kier molecular flexibility index (Phi) is 16.5. The second kappa shape index (κ2) is 10.4. The monoisotopic (exact) mass is 233 g/mol. The normalized spacial score (nSPS) is 8.73. The molecule has 0 aromatic heterocycles. The molecule has 11 heavy (non-hydrogen) atoms. The zero-order valence-corrected chi connectivity index (χ0v) is 10.1. The largest absolute Gasteiger partial charge is 0.542 e. The summed E-state index contributed by atoms with van der Waals surface area (Å²) < 4.78 is 8.88. The summed E-state index contributed by atoms with van der Waals surface area (Å²) >= 11 is 0. The van der Waals surface area contributed by atoms with Gasteiger partial charge in [0.1, 0.15) is 0 Å². The van der Waals surface area contributed by atoms with Crippen LogP contribution in [0, 0.1) is 0 Å². The van der Waals surface area contributed by atoms with Gasteiger partial charge in [-0.1, -0.05) is 13.3 Å². The Hall–Kier alpha value is 0.403. The molecule has 0 saturated carbocycles. The van der Waals surface area contributed by atoms with Crippen LogP contribution in [-0.4, -0.2) is 21.0 Å². The third kappa shape index (κ3) is 127. The van der Waals surface area contributed by atoms with E-state index >= 15 is 0 Å². The number of rotatable bonds is 2. The van der Waals surface area contributed by atoms with Crippen molar-refractivity contribution in [2.75, 3.05) is 0 Å². The predicted molar refractivity (Wildman–Crippen MR) is 34.9 cm³/mol. The van der Waals surface area contributed by atoms with Gasteiger partial charge in [0.05, 0.1) is 0 Å². The van der Waals surface area contributed by atoms with Crippen molar-refractivity contribution in [1.82, 2.24) is 0 Å². The maximum absolute atomic E-state index is 9.28. The molecule has 3 N–H and O–H groups in total. The number of phosphoric acid groups is 1. The van der Waals surface area contributed by atoms with Crippen molar-refractivity contribution in [2.24, 2.45) is 0 Å². The third-order valence-corrected chi connectivity index (χ3v) is 0.352. The van der Waals surface area contributed by atoms with Gasteiger partial charge in [-0.15, -0.1) is 0 Å². The molecule has 0 amide bonds. The van der Waals surface area contributed by atoms with E-state index in [0.29, 0.717) is 6.42 Å². The van der Waals surface area contributed by atoms with Crippen LogP contribution < -0.4 is 0 Å². The molecular weight excluding hydrogens is 224 g/mol. The van der Waals surface area contributed by atoms with Gasteiger partial charge in [-0.05, 0) is 0 Å². The molecule has 0 fully saturated rings. The van der Waals surface area contributed by atoms with E-state index in [1.807, 2.05) is 6.92 Å². The maximum Gasteiger partial charge on any atom is 0.466 e. The number of unbranched alkanes of at least 4 members (excludes halogenated alkanes) is 1. The Morgan fingerprint density at radius 1 is 1.36 bits per heavy atom. The van der Waals surface area contributed by atoms with E-state index < -0.39 is 7.82 Å². The van der Waals surface area contributed by atoms with Gasteiger partial charge in [-0.25, -0.2) is 4.57 Å². The molecule has 0 bridgehead atoms. The fourth-order valence-electron chi connectivity index (χ4n) is 0.102. The number of carbonyl (C=O) groups excluding carboxylic acids is 1. The van der Waals surface area contributed by atoms with Crippen molar-refractivity contribution < 1.29 is 43.5 Å². The fraction of sp³-hybridized carbons (Fsp3) is 0.750. The van der Waals surface area contributed by atoms with E-state index in [1.54, 1.807) is 6.29 Å². The van der Waals surface area contributed by atoms with Crippen LogP contribution in [0.15, 0.2) is 0 Å². The summed E-state index contributed by atoms with van der Waals surface area (Å²) in [5.74, 6) is 0. The summed E-state index contributed by atoms with van der Waals surface area (Å²) in [4.78, 5) is 30.8. The molecule has 0 radical (unpaired) electrons. The SMILES string of the molecule is CCC[C-]=O.O=P(O)(O)O.[Zn]. The molecule has 0 aromatic carbocycles. The van der Waals surface area contributed by atoms with Gasteiger partial charge in [0, 0.05) is 19.5 Å². The zero-order chi connectivity index (χ0) is 8.62. The van der Waals surface area contributed by atoms with Crippen molar-refractivity contribution in [1.29, 1.82) is 0 Å². The predicted octanol–water partition coefficient (Wildman–Crippen LogP) is -0.0349. The van der Waals surface area contributed by atoms with Crippen LogP contribution in [0.25, 0.3) is 0 Å². The summed E-state index contributed by atoms with van der Waals surface area (Å²) in [6.45, 7) is 1.95. The summed E-state index contributed by atoms with van der Waals surface area (Å²) in [6.07, 6.45) is 3.27. The first-order valence-electron chi connectivity index (χ1n) is 2.55. The molecule has 0 heterocycles. The second-order valence-electron chi connectivity index (χ2n) is 1.41. The van der Waals surface area contributed by atoms with E-state index in [1.165, 1.54) is 0 Å². The summed E-state index contributed by atoms with van der Waals surface area (Å²) in [7, 11) is -4.64. The standard InChI is InChI=1S/C4H7O.H3O4P.Zn/c1-2-3-4-5;1-5(2,3)4;/h2-3H2,1H3;(H3,1,2,3,4);/q-1;;. The number of hydrogen-bond donors (Lipinski definition) is 3. The first kappa shape index (κ1) is 17.5. The zero-order valence-electron chi connectivity index (χ0n) is 6.23. The van der Waals surface area contributed by atoms with Crippen LogP contribution in [0.1, 0.15) is 19.8 Å². The van der Waals surface area contributed by atoms with Crippen molar-refractivity contribution in [2.45, 2.75) is 19.8 Å². The van der Waals surface area contributed by atoms with Crippen LogP contribution in [0.4, 0.5) is 0 Å². The topological polar surface area (TPSA) is 94.8 Å². The quantitative estimate of drug-likeness (QED) is 0.354. The first-order chi connectivity index (χ1) is 4.41. The molecule has 0 rings (SSSR count). The van der Waals surface area contributed by atoms with E-state index in [9.17, 15) is 4.79 Å². The Labute approximate surface area is 77.8 Å². The van der Waals surface area contributed by atoms with Gasteiger partial charge in [-0.3, -0.25) is 6.29 Å². The first-order valence-corrected chi connectivity index (χ1v) is 4.11. The van der Waals surface area contributed by atoms with E-state index in [2.05, 4.69) is 0 Å². The molecule has 0 aliphatic carbocycles. The van der Waals surface area contributed by atoms with E-state index in [4.69, 9.17) is 19.2 Å². The van der Waals surface area contributed by atoms with Crippen LogP contribution in [-0.2, 0) is 28.8 Å². The summed E-state index contributed by atoms with van der Waals surface area (Å²) in [6, 6.07) is 0.